The van der Waals surface area contributed by atoms with E-state index >= 15 is 0 Å². The molecular weight excluding hydrogens is 288 g/mol. The standard InChI is InChI=1S/C19H22N2O2/c1-14-11-15-7-5-6-10-18(15)21(14)19(22)20-12-16-8-3-4-9-17(16)13-23-2/h3-10,14H,11-13H2,1-2H3,(H,20,22). The van der Waals surface area contributed by atoms with E-state index in [-0.39, 0.29) is 12.1 Å². The number of fused-ring (bicyclic) bond motifs is 1. The molecule has 4 heteroatoms. The van der Waals surface area contributed by atoms with Crippen LogP contribution in [0.5, 0.6) is 0 Å². The third kappa shape index (κ3) is 3.22. The summed E-state index contributed by atoms with van der Waals surface area (Å²) in [5, 5.41) is 3.04. The van der Waals surface area contributed by atoms with Crippen molar-refractivity contribution in [3.05, 3.63) is 65.2 Å². The Kier molecular flexibility index (Phi) is 4.63. The fourth-order valence-corrected chi connectivity index (χ4v) is 3.16. The Hall–Kier alpha value is -2.33. The number of para-hydroxylation sites is 1. The van der Waals surface area contributed by atoms with Gasteiger partial charge in [0.25, 0.3) is 0 Å². The van der Waals surface area contributed by atoms with Gasteiger partial charge in [-0.1, -0.05) is 42.5 Å². The maximum absolute atomic E-state index is 12.6. The molecule has 0 saturated heterocycles. The van der Waals surface area contributed by atoms with Crippen molar-refractivity contribution in [3.8, 4) is 0 Å². The van der Waals surface area contributed by atoms with Crippen molar-refractivity contribution in [2.24, 2.45) is 0 Å². The third-order valence-corrected chi connectivity index (χ3v) is 4.27. The molecule has 120 valence electrons. The van der Waals surface area contributed by atoms with Crippen molar-refractivity contribution in [2.75, 3.05) is 12.0 Å². The first-order valence-corrected chi connectivity index (χ1v) is 7.91. The lowest BCUT2D eigenvalue weighted by atomic mass is 10.1. The summed E-state index contributed by atoms with van der Waals surface area (Å²) in [6.07, 6.45) is 0.907. The number of ether oxygens (including phenoxy) is 1. The highest BCUT2D eigenvalue weighted by atomic mass is 16.5. The molecule has 2 aromatic carbocycles. The van der Waals surface area contributed by atoms with Crippen LogP contribution >= 0.6 is 0 Å². The Morgan fingerprint density at radius 3 is 2.65 bits per heavy atom. The number of anilines is 1. The normalized spacial score (nSPS) is 16.3. The number of hydrogen-bond donors (Lipinski definition) is 1. The molecule has 23 heavy (non-hydrogen) atoms. The van der Waals surface area contributed by atoms with Gasteiger partial charge in [0.15, 0.2) is 0 Å². The van der Waals surface area contributed by atoms with Crippen molar-refractivity contribution in [3.63, 3.8) is 0 Å². The molecule has 0 aromatic heterocycles. The zero-order valence-electron chi connectivity index (χ0n) is 13.6. The number of carbonyl (C=O) groups excluding carboxylic acids is 1. The first kappa shape index (κ1) is 15.6. The Morgan fingerprint density at radius 1 is 1.17 bits per heavy atom. The van der Waals surface area contributed by atoms with E-state index in [1.807, 2.05) is 47.4 Å². The lowest BCUT2D eigenvalue weighted by molar-refractivity contribution is 0.184. The van der Waals surface area contributed by atoms with Crippen molar-refractivity contribution in [1.82, 2.24) is 5.32 Å². The van der Waals surface area contributed by atoms with Crippen molar-refractivity contribution in [2.45, 2.75) is 32.5 Å². The van der Waals surface area contributed by atoms with Crippen LogP contribution in [0.3, 0.4) is 0 Å². The van der Waals surface area contributed by atoms with Crippen molar-refractivity contribution >= 4 is 11.7 Å². The summed E-state index contributed by atoms with van der Waals surface area (Å²) in [6, 6.07) is 16.3. The van der Waals surface area contributed by atoms with Gasteiger partial charge in [-0.25, -0.2) is 4.79 Å². The van der Waals surface area contributed by atoms with E-state index in [1.165, 1.54) is 5.56 Å². The molecule has 0 fully saturated rings. The van der Waals surface area contributed by atoms with Gasteiger partial charge in [-0.3, -0.25) is 4.90 Å². The molecule has 3 rings (SSSR count). The summed E-state index contributed by atoms with van der Waals surface area (Å²) in [6.45, 7) is 3.14. The second-order valence-electron chi connectivity index (χ2n) is 5.91. The first-order chi connectivity index (χ1) is 11.2. The Bertz CT molecular complexity index is 699. The van der Waals surface area contributed by atoms with Crippen LogP contribution in [0.25, 0.3) is 0 Å². The molecule has 0 bridgehead atoms. The number of carbonyl (C=O) groups is 1. The van der Waals surface area contributed by atoms with Gasteiger partial charge in [0.05, 0.1) is 6.61 Å². The van der Waals surface area contributed by atoms with Gasteiger partial charge in [-0.05, 0) is 36.1 Å². The number of benzene rings is 2. The average molecular weight is 310 g/mol. The summed E-state index contributed by atoms with van der Waals surface area (Å²) in [5.74, 6) is 0. The maximum Gasteiger partial charge on any atom is 0.322 e. The summed E-state index contributed by atoms with van der Waals surface area (Å²) in [4.78, 5) is 14.5. The minimum Gasteiger partial charge on any atom is -0.380 e. The van der Waals surface area contributed by atoms with Crippen LogP contribution in [0.15, 0.2) is 48.5 Å². The molecule has 1 aliphatic rings. The van der Waals surface area contributed by atoms with Gasteiger partial charge in [0.2, 0.25) is 0 Å². The van der Waals surface area contributed by atoms with Gasteiger partial charge < -0.3 is 10.1 Å². The minimum absolute atomic E-state index is 0.0466. The third-order valence-electron chi connectivity index (χ3n) is 4.27. The fourth-order valence-electron chi connectivity index (χ4n) is 3.16. The number of nitrogens with zero attached hydrogens (tertiary/aromatic N) is 1. The monoisotopic (exact) mass is 310 g/mol. The highest BCUT2D eigenvalue weighted by Crippen LogP contribution is 2.31. The van der Waals surface area contributed by atoms with Crippen LogP contribution in [0.1, 0.15) is 23.6 Å². The zero-order valence-corrected chi connectivity index (χ0v) is 13.6. The van der Waals surface area contributed by atoms with E-state index in [2.05, 4.69) is 18.3 Å². The molecule has 4 nitrogen and oxygen atoms in total. The predicted octanol–water partition coefficient (Wildman–Crippen LogP) is 3.49. The van der Waals surface area contributed by atoms with Gasteiger partial charge in [-0.15, -0.1) is 0 Å². The molecule has 2 aromatic rings. The van der Waals surface area contributed by atoms with E-state index < -0.39 is 0 Å². The highest BCUT2D eigenvalue weighted by Gasteiger charge is 2.30. The van der Waals surface area contributed by atoms with Crippen LogP contribution in [-0.4, -0.2) is 19.2 Å². The molecule has 1 heterocycles. The quantitative estimate of drug-likeness (QED) is 0.939. The molecule has 0 spiro atoms. The summed E-state index contributed by atoms with van der Waals surface area (Å²) in [5.41, 5.74) is 4.44. The molecule has 1 unspecified atom stereocenters. The van der Waals surface area contributed by atoms with Crippen molar-refractivity contribution < 1.29 is 9.53 Å². The molecule has 1 N–H and O–H groups in total. The van der Waals surface area contributed by atoms with Crippen LogP contribution in [0.2, 0.25) is 0 Å². The maximum atomic E-state index is 12.6. The Balaban J connectivity index is 1.71. The topological polar surface area (TPSA) is 41.6 Å². The number of urea groups is 1. The summed E-state index contributed by atoms with van der Waals surface area (Å²) in [7, 11) is 1.68. The molecule has 0 radical (unpaired) electrons. The summed E-state index contributed by atoms with van der Waals surface area (Å²) >= 11 is 0. The largest absolute Gasteiger partial charge is 0.380 e. The lowest BCUT2D eigenvalue weighted by Crippen LogP contribution is -2.43. The second kappa shape index (κ2) is 6.84. The predicted molar refractivity (Wildman–Crippen MR) is 91.5 cm³/mol. The van der Waals surface area contributed by atoms with Crippen molar-refractivity contribution in [1.29, 1.82) is 0 Å². The van der Waals surface area contributed by atoms with E-state index in [1.54, 1.807) is 7.11 Å². The van der Waals surface area contributed by atoms with E-state index in [9.17, 15) is 4.79 Å². The number of methoxy groups -OCH3 is 1. The molecule has 0 saturated carbocycles. The van der Waals surface area contributed by atoms with Gasteiger partial charge in [-0.2, -0.15) is 0 Å². The molecule has 0 aliphatic carbocycles. The Labute approximate surface area is 137 Å². The van der Waals surface area contributed by atoms with Crippen LogP contribution in [0.4, 0.5) is 10.5 Å². The molecule has 1 aliphatic heterocycles. The van der Waals surface area contributed by atoms with E-state index in [0.29, 0.717) is 13.2 Å². The Morgan fingerprint density at radius 2 is 1.87 bits per heavy atom. The number of rotatable bonds is 4. The minimum atomic E-state index is -0.0466. The van der Waals surface area contributed by atoms with Gasteiger partial charge in [0, 0.05) is 25.4 Å². The molecule has 2 amide bonds. The zero-order chi connectivity index (χ0) is 16.2. The van der Waals surface area contributed by atoms with E-state index in [0.717, 1.165) is 23.2 Å². The number of hydrogen-bond acceptors (Lipinski definition) is 2. The van der Waals surface area contributed by atoms with Gasteiger partial charge in [0.1, 0.15) is 0 Å². The van der Waals surface area contributed by atoms with Crippen LogP contribution in [0, 0.1) is 0 Å². The fraction of sp³-hybridized carbons (Fsp3) is 0.316. The number of amides is 2. The second-order valence-corrected chi connectivity index (χ2v) is 5.91. The van der Waals surface area contributed by atoms with Crippen LogP contribution in [-0.2, 0) is 24.3 Å². The number of nitrogens with one attached hydrogen (secondary N) is 1. The molecular formula is C19H22N2O2. The highest BCUT2D eigenvalue weighted by molar-refractivity contribution is 5.94. The lowest BCUT2D eigenvalue weighted by Gasteiger charge is -2.23. The summed E-state index contributed by atoms with van der Waals surface area (Å²) < 4.78 is 5.22. The van der Waals surface area contributed by atoms with Crippen LogP contribution < -0.4 is 10.2 Å². The first-order valence-electron chi connectivity index (χ1n) is 7.91. The van der Waals surface area contributed by atoms with Gasteiger partial charge >= 0.3 is 6.03 Å². The SMILES string of the molecule is COCc1ccccc1CNC(=O)N1c2ccccc2CC1C. The average Bonchev–Trinajstić information content (AvgIpc) is 2.90. The smallest absolute Gasteiger partial charge is 0.322 e. The van der Waals surface area contributed by atoms with E-state index in [4.69, 9.17) is 4.74 Å². The molecule has 1 atom stereocenters.